The van der Waals surface area contributed by atoms with E-state index in [0.717, 1.165) is 11.1 Å². The third kappa shape index (κ3) is 4.25. The molecule has 138 valence electrons. The van der Waals surface area contributed by atoms with Crippen molar-refractivity contribution in [2.24, 2.45) is 4.99 Å². The number of carbonyl (C=O) groups is 2. The largest absolute Gasteiger partial charge is 0.493 e. The highest BCUT2D eigenvalue weighted by molar-refractivity contribution is 9.10. The second-order valence-corrected chi connectivity index (χ2v) is 6.69. The molecule has 1 aliphatic heterocycles. The fraction of sp³-hybridized carbons (Fsp3) is 0.150. The summed E-state index contributed by atoms with van der Waals surface area (Å²) in [6.07, 6.45) is 1.58. The summed E-state index contributed by atoms with van der Waals surface area (Å²) >= 11 is 3.35. The number of cyclic esters (lactones) is 1. The van der Waals surface area contributed by atoms with Crippen LogP contribution in [0.2, 0.25) is 0 Å². The Bertz CT molecular complexity index is 994. The molecule has 0 aliphatic carbocycles. The van der Waals surface area contributed by atoms with Gasteiger partial charge in [-0.3, -0.25) is 4.79 Å². The molecule has 2 aromatic carbocycles. The van der Waals surface area contributed by atoms with Gasteiger partial charge in [-0.25, -0.2) is 9.79 Å². The highest BCUT2D eigenvalue weighted by Gasteiger charge is 2.24. The van der Waals surface area contributed by atoms with Crippen LogP contribution in [0.4, 0.5) is 0 Å². The van der Waals surface area contributed by atoms with E-state index in [0.29, 0.717) is 15.8 Å². The van der Waals surface area contributed by atoms with Crippen LogP contribution in [0.15, 0.2) is 51.6 Å². The van der Waals surface area contributed by atoms with Crippen molar-refractivity contribution in [2.45, 2.75) is 13.8 Å². The lowest BCUT2D eigenvalue weighted by Crippen LogP contribution is -2.05. The normalized spacial score (nSPS) is 14.7. The van der Waals surface area contributed by atoms with E-state index in [1.165, 1.54) is 14.0 Å². The van der Waals surface area contributed by atoms with E-state index in [1.807, 2.05) is 31.2 Å². The fourth-order valence-corrected chi connectivity index (χ4v) is 3.08. The van der Waals surface area contributed by atoms with Crippen LogP contribution >= 0.6 is 15.9 Å². The quantitative estimate of drug-likeness (QED) is 0.416. The molecule has 7 heteroatoms. The van der Waals surface area contributed by atoms with Crippen LogP contribution in [0, 0.1) is 6.92 Å². The molecule has 27 heavy (non-hydrogen) atoms. The maximum Gasteiger partial charge on any atom is 0.363 e. The van der Waals surface area contributed by atoms with Crippen molar-refractivity contribution >= 4 is 39.8 Å². The van der Waals surface area contributed by atoms with E-state index >= 15 is 0 Å². The minimum atomic E-state index is -0.536. The number of hydrogen-bond donors (Lipinski definition) is 0. The van der Waals surface area contributed by atoms with E-state index in [4.69, 9.17) is 14.2 Å². The van der Waals surface area contributed by atoms with Gasteiger partial charge in [0.25, 0.3) is 0 Å². The van der Waals surface area contributed by atoms with Gasteiger partial charge in [-0.2, -0.15) is 0 Å². The standard InChI is InChI=1S/C20H16BrNO5/c1-11-5-4-6-14(7-11)19-22-16(20(24)27-19)9-13-8-15(21)18(26-12(2)23)17(10-13)25-3/h4-10H,1-3H3. The van der Waals surface area contributed by atoms with Gasteiger partial charge in [0, 0.05) is 12.5 Å². The SMILES string of the molecule is COc1cc(C=C2N=C(c3cccc(C)c3)OC2=O)cc(Br)c1OC(C)=O. The second kappa shape index (κ2) is 7.75. The topological polar surface area (TPSA) is 74.2 Å². The van der Waals surface area contributed by atoms with Crippen molar-refractivity contribution in [1.82, 2.24) is 0 Å². The lowest BCUT2D eigenvalue weighted by atomic mass is 10.1. The molecule has 6 nitrogen and oxygen atoms in total. The Morgan fingerprint density at radius 2 is 2.04 bits per heavy atom. The van der Waals surface area contributed by atoms with Crippen LogP contribution in [-0.4, -0.2) is 24.9 Å². The Morgan fingerprint density at radius 1 is 1.26 bits per heavy atom. The second-order valence-electron chi connectivity index (χ2n) is 5.83. The average molecular weight is 430 g/mol. The summed E-state index contributed by atoms with van der Waals surface area (Å²) in [5.41, 5.74) is 2.57. The summed E-state index contributed by atoms with van der Waals surface area (Å²) in [5.74, 6) is -0.124. The smallest absolute Gasteiger partial charge is 0.363 e. The summed E-state index contributed by atoms with van der Waals surface area (Å²) in [5, 5.41) is 0. The van der Waals surface area contributed by atoms with Crippen molar-refractivity contribution in [2.75, 3.05) is 7.11 Å². The first-order valence-corrected chi connectivity index (χ1v) is 8.82. The van der Waals surface area contributed by atoms with Gasteiger partial charge in [0.2, 0.25) is 5.90 Å². The maximum atomic E-state index is 12.2. The summed E-state index contributed by atoms with van der Waals surface area (Å²) in [6.45, 7) is 3.25. The average Bonchev–Trinajstić information content (AvgIpc) is 2.97. The molecular weight excluding hydrogens is 414 g/mol. The van der Waals surface area contributed by atoms with Gasteiger partial charge in [0.15, 0.2) is 17.2 Å². The van der Waals surface area contributed by atoms with Gasteiger partial charge >= 0.3 is 11.9 Å². The minimum absolute atomic E-state index is 0.167. The Hall–Kier alpha value is -2.93. The number of hydrogen-bond acceptors (Lipinski definition) is 6. The fourth-order valence-electron chi connectivity index (χ4n) is 2.53. The van der Waals surface area contributed by atoms with Crippen LogP contribution in [0.5, 0.6) is 11.5 Å². The van der Waals surface area contributed by atoms with E-state index in [1.54, 1.807) is 18.2 Å². The molecule has 0 bridgehead atoms. The van der Waals surface area contributed by atoms with Gasteiger partial charge in [-0.1, -0.05) is 17.7 Å². The first-order chi connectivity index (χ1) is 12.9. The molecule has 0 saturated carbocycles. The zero-order chi connectivity index (χ0) is 19.6. The Balaban J connectivity index is 1.97. The van der Waals surface area contributed by atoms with Gasteiger partial charge < -0.3 is 14.2 Å². The third-order valence-corrected chi connectivity index (χ3v) is 4.28. The lowest BCUT2D eigenvalue weighted by Gasteiger charge is -2.11. The van der Waals surface area contributed by atoms with Crippen molar-refractivity contribution in [3.63, 3.8) is 0 Å². The number of benzene rings is 2. The molecule has 3 rings (SSSR count). The van der Waals surface area contributed by atoms with Crippen LogP contribution in [0.3, 0.4) is 0 Å². The lowest BCUT2D eigenvalue weighted by molar-refractivity contribution is -0.132. The van der Waals surface area contributed by atoms with Crippen LogP contribution in [0.25, 0.3) is 6.08 Å². The number of rotatable bonds is 4. The molecule has 2 aromatic rings. The number of nitrogens with zero attached hydrogens (tertiary/aromatic N) is 1. The summed E-state index contributed by atoms with van der Waals surface area (Å²) < 4.78 is 16.2. The Morgan fingerprint density at radius 3 is 2.70 bits per heavy atom. The highest BCUT2D eigenvalue weighted by Crippen LogP contribution is 2.37. The van der Waals surface area contributed by atoms with Crippen molar-refractivity contribution in [3.8, 4) is 11.5 Å². The van der Waals surface area contributed by atoms with Gasteiger partial charge in [-0.05, 0) is 58.8 Å². The van der Waals surface area contributed by atoms with Crippen LogP contribution < -0.4 is 9.47 Å². The molecule has 0 amide bonds. The molecule has 0 aromatic heterocycles. The zero-order valence-corrected chi connectivity index (χ0v) is 16.5. The van der Waals surface area contributed by atoms with Crippen LogP contribution in [0.1, 0.15) is 23.6 Å². The van der Waals surface area contributed by atoms with E-state index in [-0.39, 0.29) is 17.3 Å². The van der Waals surface area contributed by atoms with Crippen molar-refractivity contribution in [1.29, 1.82) is 0 Å². The van der Waals surface area contributed by atoms with Gasteiger partial charge in [0.1, 0.15) is 0 Å². The Kier molecular flexibility index (Phi) is 5.41. The number of aliphatic imine (C=N–C) groups is 1. The zero-order valence-electron chi connectivity index (χ0n) is 14.9. The van der Waals surface area contributed by atoms with Gasteiger partial charge in [0.05, 0.1) is 11.6 Å². The maximum absolute atomic E-state index is 12.2. The molecule has 0 N–H and O–H groups in total. The molecule has 0 unspecified atom stereocenters. The predicted molar refractivity (Wildman–Crippen MR) is 104 cm³/mol. The van der Waals surface area contributed by atoms with Gasteiger partial charge in [-0.15, -0.1) is 0 Å². The molecule has 0 fully saturated rings. The molecule has 1 aliphatic rings. The summed E-state index contributed by atoms with van der Waals surface area (Å²) in [7, 11) is 1.46. The first-order valence-electron chi connectivity index (χ1n) is 8.03. The first kappa shape index (κ1) is 18.8. The molecular formula is C20H16BrNO5. The molecule has 1 heterocycles. The predicted octanol–water partition coefficient (Wildman–Crippen LogP) is 4.04. The van der Waals surface area contributed by atoms with Crippen molar-refractivity contribution < 1.29 is 23.8 Å². The number of carbonyl (C=O) groups excluding carboxylic acids is 2. The third-order valence-electron chi connectivity index (χ3n) is 3.69. The molecule has 0 atom stereocenters. The van der Waals surface area contributed by atoms with Crippen molar-refractivity contribution in [3.05, 3.63) is 63.3 Å². The summed E-state index contributed by atoms with van der Waals surface area (Å²) in [6, 6.07) is 10.9. The van der Waals surface area contributed by atoms with Crippen LogP contribution in [-0.2, 0) is 14.3 Å². The summed E-state index contributed by atoms with van der Waals surface area (Å²) in [4.78, 5) is 27.7. The molecule has 0 saturated heterocycles. The van der Waals surface area contributed by atoms with E-state index in [2.05, 4.69) is 20.9 Å². The molecule has 0 radical (unpaired) electrons. The highest BCUT2D eigenvalue weighted by atomic mass is 79.9. The number of halogens is 1. The number of esters is 2. The van der Waals surface area contributed by atoms with E-state index < -0.39 is 11.9 Å². The minimum Gasteiger partial charge on any atom is -0.493 e. The van der Waals surface area contributed by atoms with E-state index in [9.17, 15) is 9.59 Å². The number of aryl methyl sites for hydroxylation is 1. The monoisotopic (exact) mass is 429 g/mol. The molecule has 0 spiro atoms. The Labute approximate surface area is 164 Å². The number of methoxy groups -OCH3 is 1. The number of ether oxygens (including phenoxy) is 3.